The van der Waals surface area contributed by atoms with Crippen molar-refractivity contribution in [2.24, 2.45) is 0 Å². The molecule has 1 fully saturated rings. The average Bonchev–Trinajstić information content (AvgIpc) is 2.86. The highest BCUT2D eigenvalue weighted by atomic mass is 16.5. The summed E-state index contributed by atoms with van der Waals surface area (Å²) in [4.78, 5) is 25.2. The lowest BCUT2D eigenvalue weighted by atomic mass is 10.2. The van der Waals surface area contributed by atoms with Gasteiger partial charge in [0, 0.05) is 6.61 Å². The van der Waals surface area contributed by atoms with Crippen LogP contribution in [0.2, 0.25) is 0 Å². The van der Waals surface area contributed by atoms with Gasteiger partial charge in [0.1, 0.15) is 0 Å². The zero-order valence-corrected chi connectivity index (χ0v) is 8.88. The first-order valence-electron chi connectivity index (χ1n) is 5.16. The van der Waals surface area contributed by atoms with Crippen molar-refractivity contribution in [2.45, 2.75) is 25.4 Å². The molecule has 0 saturated carbocycles. The fourth-order valence-electron chi connectivity index (χ4n) is 1.74. The number of hydrogen-bond donors (Lipinski definition) is 2. The van der Waals surface area contributed by atoms with Crippen LogP contribution < -0.4 is 0 Å². The van der Waals surface area contributed by atoms with Crippen molar-refractivity contribution in [3.63, 3.8) is 0 Å². The number of carbonyl (C=O) groups is 2. The van der Waals surface area contributed by atoms with Crippen LogP contribution in [-0.4, -0.2) is 39.8 Å². The molecule has 7 heteroatoms. The molecule has 1 atom stereocenters. The number of aromatic carboxylic acids is 2. The molecule has 2 N–H and O–H groups in total. The van der Waals surface area contributed by atoms with E-state index in [2.05, 4.69) is 4.98 Å². The molecule has 2 rings (SSSR count). The summed E-state index contributed by atoms with van der Waals surface area (Å²) in [7, 11) is 0. The van der Waals surface area contributed by atoms with Crippen molar-refractivity contribution in [3.05, 3.63) is 17.3 Å². The van der Waals surface area contributed by atoms with Crippen molar-refractivity contribution in [2.75, 3.05) is 6.61 Å². The minimum absolute atomic E-state index is 0.0723. The van der Waals surface area contributed by atoms with Crippen molar-refractivity contribution in [1.82, 2.24) is 4.98 Å². The van der Waals surface area contributed by atoms with Gasteiger partial charge in [-0.3, -0.25) is 0 Å². The second-order valence-corrected chi connectivity index (χ2v) is 3.73. The van der Waals surface area contributed by atoms with E-state index in [0.717, 1.165) is 12.8 Å². The number of hydrogen-bond acceptors (Lipinski definition) is 5. The summed E-state index contributed by atoms with van der Waals surface area (Å²) in [5, 5.41) is 17.5. The predicted octanol–water partition coefficient (Wildman–Crippen LogP) is 0.792. The van der Waals surface area contributed by atoms with E-state index >= 15 is 0 Å². The topological polar surface area (TPSA) is 110 Å². The van der Waals surface area contributed by atoms with Gasteiger partial charge in [-0.25, -0.2) is 14.6 Å². The molecule has 0 amide bonds. The number of oxazole rings is 1. The largest absolute Gasteiger partial charge is 0.476 e. The first kappa shape index (κ1) is 11.6. The van der Waals surface area contributed by atoms with E-state index in [9.17, 15) is 9.59 Å². The van der Waals surface area contributed by atoms with Crippen LogP contribution in [-0.2, 0) is 11.2 Å². The Morgan fingerprint density at radius 2 is 2.12 bits per heavy atom. The number of aromatic nitrogens is 1. The lowest BCUT2D eigenvalue weighted by Crippen LogP contribution is -2.09. The summed E-state index contributed by atoms with van der Waals surface area (Å²) in [6, 6.07) is 0. The first-order valence-corrected chi connectivity index (χ1v) is 5.16. The van der Waals surface area contributed by atoms with E-state index in [-0.39, 0.29) is 12.0 Å². The van der Waals surface area contributed by atoms with Crippen LogP contribution in [0.1, 0.15) is 39.8 Å². The number of nitrogens with zero attached hydrogens (tertiary/aromatic N) is 1. The molecule has 2 heterocycles. The van der Waals surface area contributed by atoms with Crippen LogP contribution in [0.4, 0.5) is 0 Å². The van der Waals surface area contributed by atoms with E-state index in [1.165, 1.54) is 0 Å². The van der Waals surface area contributed by atoms with Gasteiger partial charge in [0.25, 0.3) is 0 Å². The Hall–Kier alpha value is -1.89. The molecule has 0 bridgehead atoms. The highest BCUT2D eigenvalue weighted by Crippen LogP contribution is 2.19. The molecular weight excluding hydrogens is 230 g/mol. The highest BCUT2D eigenvalue weighted by Gasteiger charge is 2.26. The Kier molecular flexibility index (Phi) is 3.10. The molecule has 0 spiro atoms. The predicted molar refractivity (Wildman–Crippen MR) is 53.1 cm³/mol. The zero-order chi connectivity index (χ0) is 12.4. The zero-order valence-electron chi connectivity index (χ0n) is 8.88. The average molecular weight is 241 g/mol. The van der Waals surface area contributed by atoms with Crippen molar-refractivity contribution < 1.29 is 29.0 Å². The van der Waals surface area contributed by atoms with Crippen molar-refractivity contribution in [3.8, 4) is 0 Å². The smallest absolute Gasteiger partial charge is 0.374 e. The van der Waals surface area contributed by atoms with Gasteiger partial charge in [0.05, 0.1) is 12.5 Å². The van der Waals surface area contributed by atoms with E-state index in [4.69, 9.17) is 19.4 Å². The molecule has 1 saturated heterocycles. The molecule has 17 heavy (non-hydrogen) atoms. The van der Waals surface area contributed by atoms with Crippen LogP contribution >= 0.6 is 0 Å². The third-order valence-electron chi connectivity index (χ3n) is 2.49. The van der Waals surface area contributed by atoms with E-state index < -0.39 is 23.4 Å². The molecule has 7 nitrogen and oxygen atoms in total. The molecule has 1 aromatic heterocycles. The maximum absolute atomic E-state index is 10.8. The van der Waals surface area contributed by atoms with Gasteiger partial charge in [0.2, 0.25) is 11.5 Å². The maximum atomic E-state index is 10.8. The van der Waals surface area contributed by atoms with Gasteiger partial charge in [-0.05, 0) is 12.8 Å². The van der Waals surface area contributed by atoms with Crippen molar-refractivity contribution >= 4 is 11.9 Å². The van der Waals surface area contributed by atoms with Crippen molar-refractivity contribution in [1.29, 1.82) is 0 Å². The Balaban J connectivity index is 2.20. The van der Waals surface area contributed by atoms with Gasteiger partial charge in [-0.15, -0.1) is 0 Å². The van der Waals surface area contributed by atoms with Gasteiger partial charge in [-0.2, -0.15) is 0 Å². The molecule has 0 aliphatic carbocycles. The minimum Gasteiger partial charge on any atom is -0.476 e. The molecule has 92 valence electrons. The summed E-state index contributed by atoms with van der Waals surface area (Å²) in [6.45, 7) is 0.656. The Bertz CT molecular complexity index is 414. The maximum Gasteiger partial charge on any atom is 0.374 e. The molecule has 0 aromatic carbocycles. The third kappa shape index (κ3) is 2.44. The Labute approximate surface area is 96.0 Å². The number of carboxylic acid groups (broad SMARTS) is 2. The second-order valence-electron chi connectivity index (χ2n) is 3.73. The quantitative estimate of drug-likeness (QED) is 0.801. The lowest BCUT2D eigenvalue weighted by Gasteiger charge is -2.04. The molecule has 1 aliphatic heterocycles. The summed E-state index contributed by atoms with van der Waals surface area (Å²) < 4.78 is 10.3. The van der Waals surface area contributed by atoms with Gasteiger partial charge in [0.15, 0.2) is 5.89 Å². The minimum atomic E-state index is -1.44. The van der Waals surface area contributed by atoms with Gasteiger partial charge >= 0.3 is 11.9 Å². The SMILES string of the molecule is O=C(O)c1nc(CC2CCCO2)oc1C(=O)O. The second kappa shape index (κ2) is 4.54. The van der Waals surface area contributed by atoms with Crippen LogP contribution in [0.5, 0.6) is 0 Å². The summed E-state index contributed by atoms with van der Waals surface area (Å²) in [6.07, 6.45) is 2.00. The standard InChI is InChI=1S/C10H11NO6/c12-9(13)7-8(10(14)15)17-6(11-7)4-5-2-1-3-16-5/h5H,1-4H2,(H,12,13)(H,14,15). The summed E-state index contributed by atoms with van der Waals surface area (Å²) in [5.41, 5.74) is -0.564. The molecule has 1 aromatic rings. The number of carboxylic acids is 2. The molecule has 1 aliphatic rings. The van der Waals surface area contributed by atoms with Crippen LogP contribution in [0.15, 0.2) is 4.42 Å². The monoisotopic (exact) mass is 241 g/mol. The normalized spacial score (nSPS) is 19.4. The Morgan fingerprint density at radius 3 is 2.59 bits per heavy atom. The Morgan fingerprint density at radius 1 is 1.35 bits per heavy atom. The van der Waals surface area contributed by atoms with E-state index in [0.29, 0.717) is 13.0 Å². The summed E-state index contributed by atoms with van der Waals surface area (Å²) >= 11 is 0. The number of rotatable bonds is 4. The van der Waals surface area contributed by atoms with Gasteiger partial charge < -0.3 is 19.4 Å². The fraction of sp³-hybridized carbons (Fsp3) is 0.500. The first-order chi connectivity index (χ1) is 8.08. The van der Waals surface area contributed by atoms with E-state index in [1.54, 1.807) is 0 Å². The number of ether oxygens (including phenoxy) is 1. The highest BCUT2D eigenvalue weighted by molar-refractivity contribution is 5.98. The molecule has 0 radical (unpaired) electrons. The van der Waals surface area contributed by atoms with Crippen LogP contribution in [0, 0.1) is 0 Å². The fourth-order valence-corrected chi connectivity index (χ4v) is 1.74. The molecular formula is C10H11NO6. The third-order valence-corrected chi connectivity index (χ3v) is 2.49. The van der Waals surface area contributed by atoms with Crippen LogP contribution in [0.25, 0.3) is 0 Å². The van der Waals surface area contributed by atoms with E-state index in [1.807, 2.05) is 0 Å². The molecule has 1 unspecified atom stereocenters. The summed E-state index contributed by atoms with van der Waals surface area (Å²) in [5.74, 6) is -3.39. The van der Waals surface area contributed by atoms with Crippen LogP contribution in [0.3, 0.4) is 0 Å². The lowest BCUT2D eigenvalue weighted by molar-refractivity contribution is 0.0621. The van der Waals surface area contributed by atoms with Gasteiger partial charge in [-0.1, -0.05) is 0 Å².